The van der Waals surface area contributed by atoms with Gasteiger partial charge in [-0.15, -0.1) is 10.1 Å². The number of hydrogen-bond donors (Lipinski definition) is 0. The molecular formula is C20H24FN9O3S. The maximum atomic E-state index is 15.0. The second kappa shape index (κ2) is 9.64. The minimum atomic E-state index is -2.61. The van der Waals surface area contributed by atoms with Crippen molar-refractivity contribution in [2.45, 2.75) is 12.6 Å². The third kappa shape index (κ3) is 5.09. The number of aliphatic imine (C=N–C) groups is 1. The molecule has 0 unspecified atom stereocenters. The lowest BCUT2D eigenvalue weighted by molar-refractivity contribution is 0.129. The molecule has 0 aliphatic carbocycles. The Morgan fingerprint density at radius 1 is 1.38 bits per heavy atom. The van der Waals surface area contributed by atoms with Crippen molar-refractivity contribution in [3.05, 3.63) is 36.4 Å². The summed E-state index contributed by atoms with van der Waals surface area (Å²) in [6, 6.07) is 4.57. The maximum Gasteiger partial charge on any atom is 0.414 e. The molecule has 1 amide bonds. The van der Waals surface area contributed by atoms with Crippen LogP contribution in [-0.4, -0.2) is 87.5 Å². The Morgan fingerprint density at radius 2 is 2.15 bits per heavy atom. The Hall–Kier alpha value is -3.73. The Kier molecular flexibility index (Phi) is 6.64. The molecule has 34 heavy (non-hydrogen) atoms. The van der Waals surface area contributed by atoms with Crippen molar-refractivity contribution < 1.29 is 18.1 Å². The number of guanidine groups is 1. The third-order valence-corrected chi connectivity index (χ3v) is 7.62. The normalized spacial score (nSPS) is 20.1. The van der Waals surface area contributed by atoms with Crippen LogP contribution in [0.3, 0.4) is 0 Å². The minimum Gasteiger partial charge on any atom is -0.442 e. The predicted molar refractivity (Wildman–Crippen MR) is 123 cm³/mol. The average Bonchev–Trinajstić information content (AvgIpc) is 3.44. The van der Waals surface area contributed by atoms with Gasteiger partial charge in [0.15, 0.2) is 0 Å². The van der Waals surface area contributed by atoms with Crippen LogP contribution in [-0.2, 0) is 21.0 Å². The highest BCUT2D eigenvalue weighted by atomic mass is 32.2. The largest absolute Gasteiger partial charge is 0.442 e. The average molecular weight is 490 g/mol. The molecule has 14 heteroatoms. The van der Waals surface area contributed by atoms with Gasteiger partial charge in [0.2, 0.25) is 12.2 Å². The van der Waals surface area contributed by atoms with E-state index in [-0.39, 0.29) is 24.0 Å². The molecule has 2 fully saturated rings. The number of anilines is 2. The first kappa shape index (κ1) is 23.4. The van der Waals surface area contributed by atoms with E-state index < -0.39 is 27.7 Å². The molecule has 2 saturated heterocycles. The quantitative estimate of drug-likeness (QED) is 0.355. The summed E-state index contributed by atoms with van der Waals surface area (Å²) in [6.07, 6.45) is 3.91. The van der Waals surface area contributed by atoms with Crippen LogP contribution in [0.5, 0.6) is 0 Å². The Morgan fingerprint density at radius 3 is 2.76 bits per heavy atom. The fourth-order valence-electron chi connectivity index (χ4n) is 3.73. The van der Waals surface area contributed by atoms with Crippen molar-refractivity contribution >= 4 is 33.2 Å². The topological polar surface area (TPSA) is 132 Å². The van der Waals surface area contributed by atoms with E-state index in [1.54, 1.807) is 48.2 Å². The Labute approximate surface area is 196 Å². The van der Waals surface area contributed by atoms with Crippen molar-refractivity contribution in [1.29, 1.82) is 5.26 Å². The highest BCUT2D eigenvalue weighted by molar-refractivity contribution is 7.94. The van der Waals surface area contributed by atoms with Gasteiger partial charge >= 0.3 is 6.09 Å². The number of carbonyl (C=O) groups excluding carboxylic acids is 1. The van der Waals surface area contributed by atoms with Gasteiger partial charge in [0.1, 0.15) is 11.9 Å². The molecule has 1 aromatic carbocycles. The molecule has 1 atom stereocenters. The van der Waals surface area contributed by atoms with E-state index in [2.05, 4.69) is 19.7 Å². The SMILES string of the molecule is CN(C)C(=NC#N)N=S1(=O)CCN(c2ccc(N3C[C@H](Cn4ccnn4)OC3=O)cc2F)CC1. The number of aromatic nitrogens is 3. The second-order valence-electron chi connectivity index (χ2n) is 8.04. The highest BCUT2D eigenvalue weighted by Crippen LogP contribution is 2.29. The smallest absolute Gasteiger partial charge is 0.414 e. The van der Waals surface area contributed by atoms with Crippen LogP contribution in [0.2, 0.25) is 0 Å². The van der Waals surface area contributed by atoms with E-state index in [9.17, 15) is 9.00 Å². The first-order chi connectivity index (χ1) is 16.3. The molecule has 12 nitrogen and oxygen atoms in total. The lowest BCUT2D eigenvalue weighted by atomic mass is 10.2. The summed E-state index contributed by atoms with van der Waals surface area (Å²) in [5.41, 5.74) is 0.752. The summed E-state index contributed by atoms with van der Waals surface area (Å²) in [7, 11) is 0.726. The summed E-state index contributed by atoms with van der Waals surface area (Å²) in [6.45, 7) is 1.29. The van der Waals surface area contributed by atoms with Crippen molar-refractivity contribution in [3.8, 4) is 6.19 Å². The molecule has 0 radical (unpaired) electrons. The van der Waals surface area contributed by atoms with E-state index in [1.807, 2.05) is 0 Å². The number of benzene rings is 1. The van der Waals surface area contributed by atoms with Gasteiger partial charge in [-0.1, -0.05) is 5.21 Å². The van der Waals surface area contributed by atoms with Crippen LogP contribution in [0, 0.1) is 17.3 Å². The Balaban J connectivity index is 1.43. The molecule has 0 bridgehead atoms. The molecule has 2 aliphatic heterocycles. The molecule has 180 valence electrons. The van der Waals surface area contributed by atoms with Crippen LogP contribution < -0.4 is 9.80 Å². The van der Waals surface area contributed by atoms with Gasteiger partial charge in [0.05, 0.1) is 40.4 Å². The van der Waals surface area contributed by atoms with Gasteiger partial charge in [0.25, 0.3) is 0 Å². The van der Waals surface area contributed by atoms with Crippen LogP contribution in [0.15, 0.2) is 39.9 Å². The van der Waals surface area contributed by atoms with Crippen LogP contribution >= 0.6 is 0 Å². The summed E-state index contributed by atoms with van der Waals surface area (Å²) in [5.74, 6) is 0.0514. The van der Waals surface area contributed by atoms with Crippen LogP contribution in [0.25, 0.3) is 0 Å². The number of hydrogen-bond acceptors (Lipinski definition) is 8. The summed E-state index contributed by atoms with van der Waals surface area (Å²) in [5, 5.41) is 16.4. The summed E-state index contributed by atoms with van der Waals surface area (Å²) in [4.78, 5) is 20.6. The first-order valence-electron chi connectivity index (χ1n) is 10.5. The summed E-state index contributed by atoms with van der Waals surface area (Å²) >= 11 is 0. The Bertz CT molecular complexity index is 1230. The second-order valence-corrected chi connectivity index (χ2v) is 10.6. The lowest BCUT2D eigenvalue weighted by Crippen LogP contribution is -2.41. The number of nitriles is 1. The number of ether oxygens (including phenoxy) is 1. The zero-order valence-corrected chi connectivity index (χ0v) is 19.6. The monoisotopic (exact) mass is 489 g/mol. The number of rotatable bonds is 4. The van der Waals surface area contributed by atoms with E-state index >= 15 is 4.39 Å². The minimum absolute atomic E-state index is 0.108. The molecule has 4 rings (SSSR count). The molecule has 3 heterocycles. The van der Waals surface area contributed by atoms with Gasteiger partial charge < -0.3 is 14.5 Å². The van der Waals surface area contributed by atoms with Crippen molar-refractivity contribution in [1.82, 2.24) is 19.9 Å². The standard InChI is InChI=1S/C20H24FN9O3S/c1-27(2)19(23-14-22)25-34(32)9-7-28(8-10-34)18-4-3-15(11-17(18)21)30-13-16(33-20(30)31)12-29-6-5-24-26-29/h3-6,11,16H,7-10,12-13H2,1-2H3/t16-/m0/s1. The van der Waals surface area contributed by atoms with Gasteiger partial charge in [-0.3, -0.25) is 4.90 Å². The number of carbonyl (C=O) groups is 1. The highest BCUT2D eigenvalue weighted by Gasteiger charge is 2.33. The molecule has 0 saturated carbocycles. The lowest BCUT2D eigenvalue weighted by Gasteiger charge is -2.31. The van der Waals surface area contributed by atoms with E-state index in [1.165, 1.54) is 22.1 Å². The zero-order chi connectivity index (χ0) is 24.3. The maximum absolute atomic E-state index is 15.0. The number of halogens is 1. The van der Waals surface area contributed by atoms with Crippen molar-refractivity contribution in [2.75, 3.05) is 55.0 Å². The van der Waals surface area contributed by atoms with Gasteiger partial charge in [0, 0.05) is 44.9 Å². The molecular weight excluding hydrogens is 465 g/mol. The predicted octanol–water partition coefficient (Wildman–Crippen LogP) is 1.13. The number of nitrogens with zero attached hydrogens (tertiary/aromatic N) is 9. The van der Waals surface area contributed by atoms with Crippen LogP contribution in [0.4, 0.5) is 20.6 Å². The van der Waals surface area contributed by atoms with Gasteiger partial charge in [-0.25, -0.2) is 18.1 Å². The van der Waals surface area contributed by atoms with Gasteiger partial charge in [-0.2, -0.15) is 9.62 Å². The zero-order valence-electron chi connectivity index (χ0n) is 18.7. The number of cyclic esters (lactones) is 1. The molecule has 0 N–H and O–H groups in total. The van der Waals surface area contributed by atoms with Gasteiger partial charge in [-0.05, 0) is 18.2 Å². The number of amides is 1. The van der Waals surface area contributed by atoms with Crippen LogP contribution in [0.1, 0.15) is 0 Å². The summed E-state index contributed by atoms with van der Waals surface area (Å²) < 4.78 is 39.3. The van der Waals surface area contributed by atoms with E-state index in [0.29, 0.717) is 31.0 Å². The van der Waals surface area contributed by atoms with Crippen molar-refractivity contribution in [3.63, 3.8) is 0 Å². The fraction of sp³-hybridized carbons (Fsp3) is 0.450. The van der Waals surface area contributed by atoms with E-state index in [4.69, 9.17) is 10.00 Å². The molecule has 2 aliphatic rings. The molecule has 2 aromatic rings. The van der Waals surface area contributed by atoms with E-state index in [0.717, 1.165) is 0 Å². The molecule has 1 aromatic heterocycles. The van der Waals surface area contributed by atoms with Crippen molar-refractivity contribution in [2.24, 2.45) is 9.36 Å². The third-order valence-electron chi connectivity index (χ3n) is 5.48. The fourth-order valence-corrected chi connectivity index (χ4v) is 5.63. The first-order valence-corrected chi connectivity index (χ1v) is 12.4. The molecule has 0 spiro atoms.